The van der Waals surface area contributed by atoms with E-state index in [0.29, 0.717) is 0 Å². The molecule has 22 heavy (non-hydrogen) atoms. The van der Waals surface area contributed by atoms with E-state index in [2.05, 4.69) is 0 Å². The molecule has 0 atom stereocenters. The highest BCUT2D eigenvalue weighted by molar-refractivity contribution is 5.92. The Morgan fingerprint density at radius 1 is 1.23 bits per heavy atom. The van der Waals surface area contributed by atoms with Gasteiger partial charge < -0.3 is 9.64 Å². The highest BCUT2D eigenvalue weighted by Crippen LogP contribution is 2.28. The van der Waals surface area contributed by atoms with Crippen molar-refractivity contribution < 1.29 is 18.8 Å². The van der Waals surface area contributed by atoms with Gasteiger partial charge in [-0.05, 0) is 24.3 Å². The second kappa shape index (κ2) is 6.21. The van der Waals surface area contributed by atoms with Crippen LogP contribution >= 0.6 is 0 Å². The quantitative estimate of drug-likeness (QED) is 0.376. The lowest BCUT2D eigenvalue weighted by Gasteiger charge is -2.13. The minimum atomic E-state index is -0.794. The van der Waals surface area contributed by atoms with E-state index in [4.69, 9.17) is 4.74 Å². The van der Waals surface area contributed by atoms with Crippen molar-refractivity contribution in [3.8, 4) is 5.75 Å². The van der Waals surface area contributed by atoms with Gasteiger partial charge in [0.15, 0.2) is 0 Å². The highest BCUT2D eigenvalue weighted by atomic mass is 19.1. The maximum atomic E-state index is 13.2. The molecule has 0 N–H and O–H groups in total. The van der Waals surface area contributed by atoms with Gasteiger partial charge in [-0.3, -0.25) is 10.1 Å². The summed E-state index contributed by atoms with van der Waals surface area (Å²) in [5, 5.41) is 10.9. The largest absolute Gasteiger partial charge is 0.415 e. The van der Waals surface area contributed by atoms with Crippen LogP contribution in [0.3, 0.4) is 0 Å². The van der Waals surface area contributed by atoms with Crippen molar-refractivity contribution in [2.45, 2.75) is 0 Å². The zero-order valence-electron chi connectivity index (χ0n) is 11.9. The lowest BCUT2D eigenvalue weighted by Crippen LogP contribution is -2.13. The molecule has 0 unspecified atom stereocenters. The average molecular weight is 304 g/mol. The van der Waals surface area contributed by atoms with Crippen molar-refractivity contribution in [3.05, 3.63) is 64.0 Å². The number of carbonyl (C=O) groups is 1. The summed E-state index contributed by atoms with van der Waals surface area (Å²) >= 11 is 0. The lowest BCUT2D eigenvalue weighted by atomic mass is 10.2. The van der Waals surface area contributed by atoms with Crippen LogP contribution < -0.4 is 9.64 Å². The molecule has 0 bridgehead atoms. The number of ether oxygens (including phenoxy) is 1. The second-order valence-corrected chi connectivity index (χ2v) is 4.70. The normalized spacial score (nSPS) is 10.1. The van der Waals surface area contributed by atoms with Crippen LogP contribution in [0.1, 0.15) is 10.4 Å². The summed E-state index contributed by atoms with van der Waals surface area (Å²) in [5.41, 5.74) is 0.506. The van der Waals surface area contributed by atoms with Crippen LogP contribution in [-0.2, 0) is 0 Å². The van der Waals surface area contributed by atoms with E-state index in [1.54, 1.807) is 23.1 Å². The Balaban J connectivity index is 2.31. The molecule has 2 aromatic carbocycles. The number of halogens is 1. The number of anilines is 1. The molecule has 0 radical (unpaired) electrons. The van der Waals surface area contributed by atoms with E-state index >= 15 is 0 Å². The summed E-state index contributed by atoms with van der Waals surface area (Å²) in [6.07, 6.45) is 0. The summed E-state index contributed by atoms with van der Waals surface area (Å²) in [4.78, 5) is 24.0. The smallest absolute Gasteiger partial charge is 0.343 e. The molecule has 7 heteroatoms. The number of esters is 1. The highest BCUT2D eigenvalue weighted by Gasteiger charge is 2.20. The summed E-state index contributed by atoms with van der Waals surface area (Å²) in [5.74, 6) is -1.95. The number of nitro benzene ring substituents is 1. The first kappa shape index (κ1) is 15.4. The molecule has 0 aliphatic carbocycles. The first-order valence-corrected chi connectivity index (χ1v) is 6.32. The Labute approximate surface area is 125 Å². The standard InChI is InChI=1S/C15H13FN2O4/c1-17(2)12-5-3-4-10(8-12)15(19)22-14-9-11(16)6-7-13(14)18(20)21/h3-9H,1-2H3. The molecule has 6 nitrogen and oxygen atoms in total. The molecule has 2 aromatic rings. The summed E-state index contributed by atoms with van der Waals surface area (Å²) in [6, 6.07) is 9.24. The molecule has 0 saturated heterocycles. The topological polar surface area (TPSA) is 72.7 Å². The van der Waals surface area contributed by atoms with Gasteiger partial charge in [0.05, 0.1) is 10.5 Å². The Morgan fingerprint density at radius 2 is 1.95 bits per heavy atom. The molecule has 2 rings (SSSR count). The predicted octanol–water partition coefficient (Wildman–Crippen LogP) is 3.02. The lowest BCUT2D eigenvalue weighted by molar-refractivity contribution is -0.385. The van der Waals surface area contributed by atoms with E-state index in [-0.39, 0.29) is 5.56 Å². The van der Waals surface area contributed by atoms with Crippen LogP contribution in [0.25, 0.3) is 0 Å². The summed E-state index contributed by atoms with van der Waals surface area (Å²) in [7, 11) is 3.61. The molecule has 0 fully saturated rings. The van der Waals surface area contributed by atoms with Crippen molar-refractivity contribution >= 4 is 17.3 Å². The molecule has 0 aliphatic rings. The zero-order valence-corrected chi connectivity index (χ0v) is 11.9. The van der Waals surface area contributed by atoms with Gasteiger partial charge in [-0.15, -0.1) is 0 Å². The summed E-state index contributed by atoms with van der Waals surface area (Å²) in [6.45, 7) is 0. The van der Waals surface area contributed by atoms with Crippen molar-refractivity contribution in [3.63, 3.8) is 0 Å². The van der Waals surface area contributed by atoms with Crippen molar-refractivity contribution in [1.29, 1.82) is 0 Å². The molecule has 0 aliphatic heterocycles. The van der Waals surface area contributed by atoms with Gasteiger partial charge in [-0.2, -0.15) is 0 Å². The van der Waals surface area contributed by atoms with Gasteiger partial charge >= 0.3 is 11.7 Å². The van der Waals surface area contributed by atoms with Crippen LogP contribution in [0, 0.1) is 15.9 Å². The van der Waals surface area contributed by atoms with Gasteiger partial charge in [-0.1, -0.05) is 6.07 Å². The van der Waals surface area contributed by atoms with Gasteiger partial charge in [-0.25, -0.2) is 9.18 Å². The maximum Gasteiger partial charge on any atom is 0.343 e. The molecule has 0 amide bonds. The van der Waals surface area contributed by atoms with Crippen LogP contribution in [0.2, 0.25) is 0 Å². The van der Waals surface area contributed by atoms with E-state index in [0.717, 1.165) is 23.9 Å². The third-order valence-corrected chi connectivity index (χ3v) is 2.92. The number of carbonyl (C=O) groups excluding carboxylic acids is 1. The van der Waals surface area contributed by atoms with Crippen molar-refractivity contribution in [2.75, 3.05) is 19.0 Å². The molecule has 0 saturated carbocycles. The predicted molar refractivity (Wildman–Crippen MR) is 78.8 cm³/mol. The van der Waals surface area contributed by atoms with Gasteiger partial charge in [0.25, 0.3) is 0 Å². The number of hydrogen-bond acceptors (Lipinski definition) is 5. The number of nitrogens with zero attached hydrogens (tertiary/aromatic N) is 2. The third-order valence-electron chi connectivity index (χ3n) is 2.92. The minimum Gasteiger partial charge on any atom is -0.415 e. The van der Waals surface area contributed by atoms with Crippen LogP contribution in [0.5, 0.6) is 5.75 Å². The number of hydrogen-bond donors (Lipinski definition) is 0. The molecule has 114 valence electrons. The fraction of sp³-hybridized carbons (Fsp3) is 0.133. The Hall–Kier alpha value is -2.96. The van der Waals surface area contributed by atoms with Crippen molar-refractivity contribution in [2.24, 2.45) is 0 Å². The Morgan fingerprint density at radius 3 is 2.59 bits per heavy atom. The van der Waals surface area contributed by atoms with E-state index in [1.165, 1.54) is 6.07 Å². The second-order valence-electron chi connectivity index (χ2n) is 4.70. The minimum absolute atomic E-state index is 0.213. The van der Waals surface area contributed by atoms with Gasteiger partial charge in [0, 0.05) is 31.9 Å². The summed E-state index contributed by atoms with van der Waals surface area (Å²) < 4.78 is 18.2. The average Bonchev–Trinajstić information content (AvgIpc) is 2.47. The maximum absolute atomic E-state index is 13.2. The number of nitro groups is 1. The van der Waals surface area contributed by atoms with Crippen LogP contribution in [-0.4, -0.2) is 25.0 Å². The van der Waals surface area contributed by atoms with Gasteiger partial charge in [0.2, 0.25) is 5.75 Å². The Bertz CT molecular complexity index is 731. The molecule has 0 aromatic heterocycles. The zero-order chi connectivity index (χ0) is 16.3. The van der Waals surface area contributed by atoms with E-state index < -0.39 is 28.1 Å². The third kappa shape index (κ3) is 3.38. The monoisotopic (exact) mass is 304 g/mol. The fourth-order valence-electron chi connectivity index (χ4n) is 1.79. The van der Waals surface area contributed by atoms with Crippen molar-refractivity contribution in [1.82, 2.24) is 0 Å². The molecular formula is C15H13FN2O4. The van der Waals surface area contributed by atoms with E-state index in [1.807, 2.05) is 14.1 Å². The van der Waals surface area contributed by atoms with Crippen LogP contribution in [0.15, 0.2) is 42.5 Å². The number of benzene rings is 2. The van der Waals surface area contributed by atoms with Crippen LogP contribution in [0.4, 0.5) is 15.8 Å². The molecule has 0 spiro atoms. The Kier molecular flexibility index (Phi) is 4.36. The fourth-order valence-corrected chi connectivity index (χ4v) is 1.79. The van der Waals surface area contributed by atoms with E-state index in [9.17, 15) is 19.3 Å². The molecule has 0 heterocycles. The molecular weight excluding hydrogens is 291 g/mol. The first-order valence-electron chi connectivity index (χ1n) is 6.32. The first-order chi connectivity index (χ1) is 10.4. The van der Waals surface area contributed by atoms with Gasteiger partial charge in [0.1, 0.15) is 5.82 Å². The number of rotatable bonds is 4. The SMILES string of the molecule is CN(C)c1cccc(C(=O)Oc2cc(F)ccc2[N+](=O)[O-])c1.